The van der Waals surface area contributed by atoms with Gasteiger partial charge in [0.05, 0.1) is 17.5 Å². The van der Waals surface area contributed by atoms with Gasteiger partial charge in [0.1, 0.15) is 22.5 Å². The minimum atomic E-state index is -4.62. The fraction of sp³-hybridized carbons (Fsp3) is 0.310. The van der Waals surface area contributed by atoms with Crippen molar-refractivity contribution in [1.29, 1.82) is 5.26 Å². The molecule has 4 aromatic rings. The number of rotatable bonds is 5. The van der Waals surface area contributed by atoms with Crippen LogP contribution < -0.4 is 0 Å². The predicted molar refractivity (Wildman–Crippen MR) is 147 cm³/mol. The summed E-state index contributed by atoms with van der Waals surface area (Å²) in [5.74, 6) is 0.966. The highest BCUT2D eigenvalue weighted by Gasteiger charge is 2.34. The first-order valence-corrected chi connectivity index (χ1v) is 14.0. The van der Waals surface area contributed by atoms with Crippen molar-refractivity contribution in [3.63, 3.8) is 0 Å². The fourth-order valence-corrected chi connectivity index (χ4v) is 6.52. The van der Waals surface area contributed by atoms with E-state index in [1.54, 1.807) is 53.8 Å². The Hall–Kier alpha value is -3.42. The highest BCUT2D eigenvalue weighted by molar-refractivity contribution is 7.99. The fourth-order valence-electron chi connectivity index (χ4n) is 4.56. The number of aliphatic imine (C=N–C) groups is 1. The first-order valence-electron chi connectivity index (χ1n) is 12.4. The lowest BCUT2D eigenvalue weighted by molar-refractivity contribution is -0.141. The van der Waals surface area contributed by atoms with E-state index in [2.05, 4.69) is 41.8 Å². The maximum absolute atomic E-state index is 13.5. The van der Waals surface area contributed by atoms with Gasteiger partial charge in [0.15, 0.2) is 10.2 Å². The van der Waals surface area contributed by atoms with Crippen LogP contribution >= 0.6 is 23.1 Å². The average molecular weight is 567 g/mol. The van der Waals surface area contributed by atoms with E-state index in [4.69, 9.17) is 4.42 Å². The maximum atomic E-state index is 13.5. The van der Waals surface area contributed by atoms with E-state index < -0.39 is 11.9 Å². The number of nitrogens with zero attached hydrogens (tertiary/aromatic N) is 4. The Bertz CT molecular complexity index is 1560. The summed E-state index contributed by atoms with van der Waals surface area (Å²) in [6.07, 6.45) is -0.222. The normalized spacial score (nSPS) is 15.9. The van der Waals surface area contributed by atoms with Crippen LogP contribution in [0.2, 0.25) is 0 Å². The second kappa shape index (κ2) is 10.6. The van der Waals surface area contributed by atoms with Gasteiger partial charge in [-0.3, -0.25) is 0 Å². The quantitative estimate of drug-likeness (QED) is 0.178. The maximum Gasteiger partial charge on any atom is 0.433 e. The molecule has 0 saturated heterocycles. The van der Waals surface area contributed by atoms with Gasteiger partial charge in [-0.15, -0.1) is 11.3 Å². The molecule has 0 bridgehead atoms. The van der Waals surface area contributed by atoms with E-state index in [1.165, 1.54) is 11.1 Å². The van der Waals surface area contributed by atoms with Crippen molar-refractivity contribution in [3.05, 3.63) is 76.0 Å². The summed E-state index contributed by atoms with van der Waals surface area (Å²) in [5.41, 5.74) is 1.62. The van der Waals surface area contributed by atoms with E-state index >= 15 is 0 Å². The first kappa shape index (κ1) is 27.2. The highest BCUT2D eigenvalue weighted by Crippen LogP contribution is 2.45. The summed E-state index contributed by atoms with van der Waals surface area (Å²) in [4.78, 5) is 13.8. The number of alkyl halides is 3. The molecule has 0 unspecified atom stereocenters. The summed E-state index contributed by atoms with van der Waals surface area (Å²) in [6.45, 7) is 6.75. The Morgan fingerprint density at radius 3 is 2.59 bits per heavy atom. The van der Waals surface area contributed by atoms with Crippen LogP contribution in [0.5, 0.6) is 0 Å². The van der Waals surface area contributed by atoms with Crippen molar-refractivity contribution in [3.8, 4) is 17.3 Å². The van der Waals surface area contributed by atoms with E-state index in [9.17, 15) is 18.4 Å². The van der Waals surface area contributed by atoms with Crippen LogP contribution in [-0.4, -0.2) is 16.2 Å². The van der Waals surface area contributed by atoms with Crippen LogP contribution in [0.25, 0.3) is 11.3 Å². The third kappa shape index (κ3) is 6.10. The van der Waals surface area contributed by atoms with Crippen molar-refractivity contribution in [2.24, 2.45) is 16.3 Å². The van der Waals surface area contributed by atoms with Crippen LogP contribution in [0.4, 0.5) is 18.2 Å². The summed E-state index contributed by atoms with van der Waals surface area (Å²) in [7, 11) is 0. The molecule has 0 spiro atoms. The Balaban J connectivity index is 1.37. The number of fused-ring (bicyclic) bond motifs is 1. The molecule has 5 nitrogen and oxygen atoms in total. The molecule has 0 radical (unpaired) electrons. The molecule has 3 heterocycles. The second-order valence-corrected chi connectivity index (χ2v) is 12.5. The number of halogens is 3. The van der Waals surface area contributed by atoms with Crippen molar-refractivity contribution in [1.82, 2.24) is 9.97 Å². The molecule has 0 amide bonds. The Morgan fingerprint density at radius 2 is 1.90 bits per heavy atom. The van der Waals surface area contributed by atoms with E-state index in [1.807, 2.05) is 0 Å². The van der Waals surface area contributed by atoms with Crippen LogP contribution in [0.3, 0.4) is 0 Å². The zero-order valence-corrected chi connectivity index (χ0v) is 23.2. The Morgan fingerprint density at radius 1 is 1.13 bits per heavy atom. The molecular formula is C29H25F3N4OS2. The Labute approximate surface area is 232 Å². The van der Waals surface area contributed by atoms with Gasteiger partial charge >= 0.3 is 6.18 Å². The molecule has 200 valence electrons. The molecular weight excluding hydrogens is 541 g/mol. The largest absolute Gasteiger partial charge is 0.448 e. The first-order chi connectivity index (χ1) is 18.5. The van der Waals surface area contributed by atoms with Gasteiger partial charge < -0.3 is 4.42 Å². The molecule has 10 heteroatoms. The van der Waals surface area contributed by atoms with Crippen LogP contribution in [-0.2, 0) is 19.0 Å². The average Bonchev–Trinajstić information content (AvgIpc) is 3.49. The van der Waals surface area contributed by atoms with Gasteiger partial charge in [-0.1, -0.05) is 51.1 Å². The number of furan rings is 1. The van der Waals surface area contributed by atoms with Crippen LogP contribution in [0.1, 0.15) is 54.7 Å². The van der Waals surface area contributed by atoms with Gasteiger partial charge in [-0.2, -0.15) is 18.4 Å². The number of thiophene rings is 1. The lowest BCUT2D eigenvalue weighted by atomic mass is 9.72. The Kier molecular flexibility index (Phi) is 7.40. The minimum Gasteiger partial charge on any atom is -0.448 e. The number of nitriles is 1. The molecule has 0 saturated carbocycles. The van der Waals surface area contributed by atoms with Crippen molar-refractivity contribution in [2.75, 3.05) is 0 Å². The molecule has 5 rings (SSSR count). The van der Waals surface area contributed by atoms with Gasteiger partial charge in [0.2, 0.25) is 0 Å². The van der Waals surface area contributed by atoms with Crippen molar-refractivity contribution < 1.29 is 17.6 Å². The molecule has 0 N–H and O–H groups in total. The summed E-state index contributed by atoms with van der Waals surface area (Å²) in [6, 6.07) is 15.2. The predicted octanol–water partition coefficient (Wildman–Crippen LogP) is 8.74. The third-order valence-corrected chi connectivity index (χ3v) is 8.70. The molecule has 1 aliphatic rings. The van der Waals surface area contributed by atoms with Gasteiger partial charge in [-0.25, -0.2) is 15.0 Å². The van der Waals surface area contributed by atoms with Gasteiger partial charge in [-0.05, 0) is 66.1 Å². The molecule has 0 fully saturated rings. The number of aromatic nitrogens is 2. The summed E-state index contributed by atoms with van der Waals surface area (Å²) < 4.78 is 46.4. The van der Waals surface area contributed by atoms with Crippen LogP contribution in [0, 0.1) is 22.7 Å². The lowest BCUT2D eigenvalue weighted by Crippen LogP contribution is -2.26. The van der Waals surface area contributed by atoms with Crippen molar-refractivity contribution >= 4 is 34.3 Å². The van der Waals surface area contributed by atoms with E-state index in [0.717, 1.165) is 42.7 Å². The third-order valence-electron chi connectivity index (χ3n) is 6.75. The topological polar surface area (TPSA) is 75.1 Å². The van der Waals surface area contributed by atoms with E-state index in [0.29, 0.717) is 32.9 Å². The standard InChI is InChI=1S/C29H25F3N4OS2/c1-28(2,3)18-9-11-20-21(15-33)26(38-23(20)13-18)34-16-19-10-12-25(37-19)39-27-35-22(17-7-5-4-6-8-17)14-24(36-27)29(30,31)32/h4-8,10,12,14,16,18H,9,11,13H2,1-3H3/t18-/m0/s1. The minimum absolute atomic E-state index is 0.0763. The molecule has 39 heavy (non-hydrogen) atoms. The molecule has 0 aliphatic heterocycles. The lowest BCUT2D eigenvalue weighted by Gasteiger charge is -2.33. The zero-order valence-electron chi connectivity index (χ0n) is 21.5. The van der Waals surface area contributed by atoms with Gasteiger partial charge in [0, 0.05) is 10.4 Å². The van der Waals surface area contributed by atoms with E-state index in [-0.39, 0.29) is 16.3 Å². The van der Waals surface area contributed by atoms with Crippen LogP contribution in [0.15, 0.2) is 68.2 Å². The molecule has 1 aromatic carbocycles. The number of benzene rings is 1. The van der Waals surface area contributed by atoms with Gasteiger partial charge in [0.25, 0.3) is 0 Å². The molecule has 1 atom stereocenters. The second-order valence-electron chi connectivity index (χ2n) is 10.4. The molecule has 1 aliphatic carbocycles. The smallest absolute Gasteiger partial charge is 0.433 e. The SMILES string of the molecule is CC(C)(C)[C@H]1CCc2c(sc(N=Cc3ccc(Sc4nc(-c5ccccc5)cc(C(F)(F)F)n4)o3)c2C#N)C1. The number of hydrogen-bond acceptors (Lipinski definition) is 7. The van der Waals surface area contributed by atoms with Crippen molar-refractivity contribution in [2.45, 2.75) is 56.5 Å². The highest BCUT2D eigenvalue weighted by atomic mass is 32.2. The summed E-state index contributed by atoms with van der Waals surface area (Å²) >= 11 is 2.45. The molecule has 3 aromatic heterocycles. The monoisotopic (exact) mass is 566 g/mol. The summed E-state index contributed by atoms with van der Waals surface area (Å²) in [5, 5.41) is 10.7. The zero-order chi connectivity index (χ0) is 27.8. The number of hydrogen-bond donors (Lipinski definition) is 0.